The van der Waals surface area contributed by atoms with Gasteiger partial charge in [-0.05, 0) is 71.6 Å². The molecule has 3 aromatic carbocycles. The van der Waals surface area contributed by atoms with Crippen LogP contribution in [0.3, 0.4) is 0 Å². The van der Waals surface area contributed by atoms with Gasteiger partial charge in [-0.2, -0.15) is 0 Å². The summed E-state index contributed by atoms with van der Waals surface area (Å²) in [4.78, 5) is 11.6. The summed E-state index contributed by atoms with van der Waals surface area (Å²) in [5.74, 6) is 0.875. The predicted molar refractivity (Wildman–Crippen MR) is 150 cm³/mol. The van der Waals surface area contributed by atoms with Crippen molar-refractivity contribution >= 4 is 5.97 Å². The molecule has 0 atom stereocenters. The van der Waals surface area contributed by atoms with Crippen molar-refractivity contribution in [2.24, 2.45) is 0 Å². The second-order valence-corrected chi connectivity index (χ2v) is 9.93. The number of ether oxygens (including phenoxy) is 2. The van der Waals surface area contributed by atoms with E-state index in [0.717, 1.165) is 17.5 Å². The Morgan fingerprint density at radius 2 is 1.59 bits per heavy atom. The van der Waals surface area contributed by atoms with E-state index in [4.69, 9.17) is 9.47 Å². The summed E-state index contributed by atoms with van der Waals surface area (Å²) in [6.45, 7) is 7.56. The average Bonchev–Trinajstić information content (AvgIpc) is 2.95. The molecule has 194 valence electrons. The second kappa shape index (κ2) is 12.7. The SMILES string of the molecule is C=C(C)C(=O)OCCOc1cc(-c2ccc(-c3ccc(C4CCCCC4)cc3)cc2CC)ccc1CO. The number of aliphatic hydroxyl groups is 1. The van der Waals surface area contributed by atoms with Crippen LogP contribution in [0.15, 0.2) is 72.8 Å². The van der Waals surface area contributed by atoms with E-state index in [0.29, 0.717) is 22.8 Å². The lowest BCUT2D eigenvalue weighted by molar-refractivity contribution is -0.139. The van der Waals surface area contributed by atoms with Gasteiger partial charge in [0.15, 0.2) is 0 Å². The molecule has 1 aliphatic rings. The fourth-order valence-electron chi connectivity index (χ4n) is 5.13. The van der Waals surface area contributed by atoms with Crippen LogP contribution >= 0.6 is 0 Å². The maximum absolute atomic E-state index is 11.6. The molecule has 0 aromatic heterocycles. The van der Waals surface area contributed by atoms with Gasteiger partial charge in [0.05, 0.1) is 6.61 Å². The maximum Gasteiger partial charge on any atom is 0.333 e. The van der Waals surface area contributed by atoms with Gasteiger partial charge in [0.1, 0.15) is 19.0 Å². The molecule has 4 nitrogen and oxygen atoms in total. The summed E-state index contributed by atoms with van der Waals surface area (Å²) in [6, 6.07) is 21.7. The predicted octanol–water partition coefficient (Wildman–Crippen LogP) is 7.62. The first kappa shape index (κ1) is 26.7. The minimum atomic E-state index is -0.434. The molecule has 0 aliphatic heterocycles. The second-order valence-electron chi connectivity index (χ2n) is 9.93. The van der Waals surface area contributed by atoms with E-state index in [9.17, 15) is 9.90 Å². The van der Waals surface area contributed by atoms with E-state index < -0.39 is 5.97 Å². The maximum atomic E-state index is 11.6. The van der Waals surface area contributed by atoms with Gasteiger partial charge < -0.3 is 14.6 Å². The summed E-state index contributed by atoms with van der Waals surface area (Å²) in [6.07, 6.45) is 7.60. The molecule has 0 radical (unpaired) electrons. The van der Waals surface area contributed by atoms with Crippen LogP contribution in [0.4, 0.5) is 0 Å². The Bertz CT molecular complexity index is 1220. The Hall–Kier alpha value is -3.37. The summed E-state index contributed by atoms with van der Waals surface area (Å²) in [7, 11) is 0. The number of rotatable bonds is 10. The van der Waals surface area contributed by atoms with Crippen LogP contribution in [0.5, 0.6) is 5.75 Å². The molecule has 0 unspecified atom stereocenters. The topological polar surface area (TPSA) is 55.8 Å². The summed E-state index contributed by atoms with van der Waals surface area (Å²) >= 11 is 0. The number of aryl methyl sites for hydroxylation is 1. The Morgan fingerprint density at radius 1 is 0.892 bits per heavy atom. The van der Waals surface area contributed by atoms with Crippen LogP contribution < -0.4 is 4.74 Å². The van der Waals surface area contributed by atoms with E-state index in [1.807, 2.05) is 18.2 Å². The number of benzene rings is 3. The molecule has 0 saturated heterocycles. The van der Waals surface area contributed by atoms with Crippen LogP contribution in [-0.4, -0.2) is 24.3 Å². The third kappa shape index (κ3) is 6.69. The first-order valence-electron chi connectivity index (χ1n) is 13.4. The van der Waals surface area contributed by atoms with Gasteiger partial charge in [-0.1, -0.05) is 87.4 Å². The average molecular weight is 499 g/mol. The Labute approximate surface area is 221 Å². The molecular weight excluding hydrogens is 460 g/mol. The van der Waals surface area contributed by atoms with Gasteiger partial charge in [-0.25, -0.2) is 4.79 Å². The van der Waals surface area contributed by atoms with E-state index >= 15 is 0 Å². The lowest BCUT2D eigenvalue weighted by Gasteiger charge is -2.22. The molecule has 37 heavy (non-hydrogen) atoms. The zero-order valence-electron chi connectivity index (χ0n) is 22.1. The van der Waals surface area contributed by atoms with Crippen LogP contribution in [0.1, 0.15) is 68.6 Å². The smallest absolute Gasteiger partial charge is 0.333 e. The minimum Gasteiger partial charge on any atom is -0.490 e. The molecule has 0 bridgehead atoms. The van der Waals surface area contributed by atoms with Crippen LogP contribution in [-0.2, 0) is 22.6 Å². The third-order valence-electron chi connectivity index (χ3n) is 7.28. The van der Waals surface area contributed by atoms with E-state index in [1.165, 1.54) is 54.4 Å². The largest absolute Gasteiger partial charge is 0.490 e. The molecule has 1 fully saturated rings. The highest BCUT2D eigenvalue weighted by atomic mass is 16.6. The Balaban J connectivity index is 1.51. The number of esters is 1. The normalized spacial score (nSPS) is 13.8. The lowest BCUT2D eigenvalue weighted by Crippen LogP contribution is -2.13. The highest BCUT2D eigenvalue weighted by molar-refractivity contribution is 5.86. The number of aliphatic hydroxyl groups excluding tert-OH is 1. The van der Waals surface area contributed by atoms with E-state index in [2.05, 4.69) is 56.0 Å². The van der Waals surface area contributed by atoms with Gasteiger partial charge >= 0.3 is 5.97 Å². The fourth-order valence-corrected chi connectivity index (χ4v) is 5.13. The van der Waals surface area contributed by atoms with Crippen molar-refractivity contribution in [1.29, 1.82) is 0 Å². The Morgan fingerprint density at radius 3 is 2.27 bits per heavy atom. The lowest BCUT2D eigenvalue weighted by atomic mass is 9.83. The molecule has 3 aromatic rings. The van der Waals surface area contributed by atoms with Crippen molar-refractivity contribution in [1.82, 2.24) is 0 Å². The van der Waals surface area contributed by atoms with Crippen molar-refractivity contribution < 1.29 is 19.4 Å². The molecule has 0 amide bonds. The number of hydrogen-bond donors (Lipinski definition) is 1. The highest BCUT2D eigenvalue weighted by Gasteiger charge is 2.16. The standard InChI is InChI=1S/C33H38O4/c1-4-24-20-28(27-12-10-26(11-13-27)25-8-6-5-7-9-25)16-17-31(24)29-14-15-30(22-34)32(21-29)36-18-19-37-33(35)23(2)3/h10-17,20-21,25,34H,2,4-9,18-19,22H2,1,3H3. The van der Waals surface area contributed by atoms with Gasteiger partial charge in [0, 0.05) is 11.1 Å². The number of hydrogen-bond acceptors (Lipinski definition) is 4. The van der Waals surface area contributed by atoms with Gasteiger partial charge in [0.25, 0.3) is 0 Å². The number of carbonyl (C=O) groups excluding carboxylic acids is 1. The molecule has 0 spiro atoms. The van der Waals surface area contributed by atoms with E-state index in [-0.39, 0.29) is 19.8 Å². The molecular formula is C33H38O4. The van der Waals surface area contributed by atoms with Gasteiger partial charge in [-0.3, -0.25) is 0 Å². The number of carbonyl (C=O) groups is 1. The molecule has 1 aliphatic carbocycles. The van der Waals surface area contributed by atoms with Gasteiger partial charge in [0.2, 0.25) is 0 Å². The first-order chi connectivity index (χ1) is 18.0. The molecule has 1 saturated carbocycles. The van der Waals surface area contributed by atoms with Crippen molar-refractivity contribution in [2.45, 2.75) is 64.9 Å². The minimum absolute atomic E-state index is 0.120. The zero-order valence-corrected chi connectivity index (χ0v) is 22.1. The van der Waals surface area contributed by atoms with Crippen LogP contribution in [0, 0.1) is 0 Å². The molecule has 4 rings (SSSR count). The van der Waals surface area contributed by atoms with Crippen molar-refractivity contribution in [3.05, 3.63) is 89.5 Å². The first-order valence-corrected chi connectivity index (χ1v) is 13.4. The highest BCUT2D eigenvalue weighted by Crippen LogP contribution is 2.35. The van der Waals surface area contributed by atoms with Gasteiger partial charge in [-0.15, -0.1) is 0 Å². The monoisotopic (exact) mass is 498 g/mol. The van der Waals surface area contributed by atoms with Crippen LogP contribution in [0.25, 0.3) is 22.3 Å². The third-order valence-corrected chi connectivity index (χ3v) is 7.28. The van der Waals surface area contributed by atoms with Crippen molar-refractivity contribution in [2.75, 3.05) is 13.2 Å². The van der Waals surface area contributed by atoms with E-state index in [1.54, 1.807) is 6.92 Å². The van der Waals surface area contributed by atoms with Crippen LogP contribution in [0.2, 0.25) is 0 Å². The summed E-state index contributed by atoms with van der Waals surface area (Å²) in [5.41, 5.74) is 8.42. The quantitative estimate of drug-likeness (QED) is 0.177. The summed E-state index contributed by atoms with van der Waals surface area (Å²) < 4.78 is 11.0. The molecule has 1 N–H and O–H groups in total. The fraction of sp³-hybridized carbons (Fsp3) is 0.364. The molecule has 4 heteroatoms. The van der Waals surface area contributed by atoms with Crippen molar-refractivity contribution in [3.63, 3.8) is 0 Å². The molecule has 0 heterocycles. The van der Waals surface area contributed by atoms with Crippen molar-refractivity contribution in [3.8, 4) is 28.0 Å². The summed E-state index contributed by atoms with van der Waals surface area (Å²) in [5, 5.41) is 9.79. The zero-order chi connectivity index (χ0) is 26.2. The Kier molecular flexibility index (Phi) is 9.19.